The van der Waals surface area contributed by atoms with Gasteiger partial charge in [0.1, 0.15) is 6.61 Å². The fraction of sp³-hybridized carbons (Fsp3) is 0.375. The Balaban J connectivity index is 1.65. The third-order valence-electron chi connectivity index (χ3n) is 2.98. The van der Waals surface area contributed by atoms with Crippen LogP contribution in [0.2, 0.25) is 0 Å². The van der Waals surface area contributed by atoms with E-state index >= 15 is 0 Å². The fourth-order valence-electron chi connectivity index (χ4n) is 1.84. The molecule has 0 saturated carbocycles. The highest BCUT2D eigenvalue weighted by molar-refractivity contribution is 5.84. The monoisotopic (exact) mass is 319 g/mol. The summed E-state index contributed by atoms with van der Waals surface area (Å²) in [6, 6.07) is 9.98. The minimum atomic E-state index is -0.526. The largest absolute Gasteiger partial charge is 0.447 e. The van der Waals surface area contributed by atoms with Crippen molar-refractivity contribution in [3.63, 3.8) is 0 Å². The van der Waals surface area contributed by atoms with Crippen LogP contribution in [0.15, 0.2) is 42.7 Å². The SMILES string of the molecule is COCCOC(=O)Nc1cnn(CCOCc2ccccc2)c1. The van der Waals surface area contributed by atoms with E-state index in [1.54, 1.807) is 24.2 Å². The Morgan fingerprint density at radius 3 is 2.83 bits per heavy atom. The third kappa shape index (κ3) is 6.50. The first kappa shape index (κ1) is 17.0. The van der Waals surface area contributed by atoms with E-state index in [2.05, 4.69) is 10.4 Å². The van der Waals surface area contributed by atoms with Gasteiger partial charge in [-0.1, -0.05) is 30.3 Å². The van der Waals surface area contributed by atoms with Crippen molar-refractivity contribution in [1.29, 1.82) is 0 Å². The summed E-state index contributed by atoms with van der Waals surface area (Å²) in [7, 11) is 1.55. The quantitative estimate of drug-likeness (QED) is 0.718. The number of nitrogens with one attached hydrogen (secondary N) is 1. The molecule has 7 nitrogen and oxygen atoms in total. The Morgan fingerprint density at radius 1 is 1.22 bits per heavy atom. The lowest BCUT2D eigenvalue weighted by atomic mass is 10.2. The van der Waals surface area contributed by atoms with Crippen molar-refractivity contribution < 1.29 is 19.0 Å². The predicted octanol–water partition coefficient (Wildman–Crippen LogP) is 2.29. The van der Waals surface area contributed by atoms with Gasteiger partial charge in [0.25, 0.3) is 0 Å². The molecule has 0 saturated heterocycles. The highest BCUT2D eigenvalue weighted by atomic mass is 16.6. The molecule has 0 aliphatic heterocycles. The van der Waals surface area contributed by atoms with E-state index in [1.165, 1.54) is 0 Å². The minimum absolute atomic E-state index is 0.212. The van der Waals surface area contributed by atoms with Gasteiger partial charge >= 0.3 is 6.09 Å². The van der Waals surface area contributed by atoms with Gasteiger partial charge in [-0.3, -0.25) is 10.00 Å². The molecule has 0 unspecified atom stereocenters. The maximum atomic E-state index is 11.5. The van der Waals surface area contributed by atoms with Gasteiger partial charge in [-0.25, -0.2) is 4.79 Å². The van der Waals surface area contributed by atoms with Gasteiger partial charge in [-0.15, -0.1) is 0 Å². The summed E-state index contributed by atoms with van der Waals surface area (Å²) in [4.78, 5) is 11.5. The molecular formula is C16H21N3O4. The van der Waals surface area contributed by atoms with Gasteiger partial charge in [-0.2, -0.15) is 5.10 Å². The summed E-state index contributed by atoms with van der Waals surface area (Å²) < 4.78 is 17.0. The summed E-state index contributed by atoms with van der Waals surface area (Å²) in [5, 5.41) is 6.75. The lowest BCUT2D eigenvalue weighted by Crippen LogP contribution is -2.16. The molecule has 0 fully saturated rings. The number of benzene rings is 1. The average Bonchev–Trinajstić information content (AvgIpc) is 3.00. The number of methoxy groups -OCH3 is 1. The molecule has 0 aliphatic carbocycles. The van der Waals surface area contributed by atoms with Crippen LogP contribution in [0, 0.1) is 0 Å². The van der Waals surface area contributed by atoms with Crippen LogP contribution in [0.4, 0.5) is 10.5 Å². The number of carbonyl (C=O) groups excluding carboxylic acids is 1. The first-order chi connectivity index (χ1) is 11.3. The highest BCUT2D eigenvalue weighted by Gasteiger charge is 2.05. The normalized spacial score (nSPS) is 10.5. The topological polar surface area (TPSA) is 74.6 Å². The summed E-state index contributed by atoms with van der Waals surface area (Å²) in [6.07, 6.45) is 2.76. The van der Waals surface area contributed by atoms with E-state index < -0.39 is 6.09 Å². The number of nitrogens with zero attached hydrogens (tertiary/aromatic N) is 2. The molecule has 2 aromatic rings. The lowest BCUT2D eigenvalue weighted by molar-refractivity contribution is 0.107. The Labute approximate surface area is 135 Å². The van der Waals surface area contributed by atoms with Crippen LogP contribution in [0.5, 0.6) is 0 Å². The molecule has 124 valence electrons. The second kappa shape index (κ2) is 9.60. The third-order valence-corrected chi connectivity index (χ3v) is 2.98. The van der Waals surface area contributed by atoms with Crippen molar-refractivity contribution in [2.45, 2.75) is 13.2 Å². The number of amides is 1. The second-order valence-corrected chi connectivity index (χ2v) is 4.78. The first-order valence-corrected chi connectivity index (χ1v) is 7.35. The number of hydrogen-bond donors (Lipinski definition) is 1. The van der Waals surface area contributed by atoms with Crippen LogP contribution in [-0.2, 0) is 27.4 Å². The molecular weight excluding hydrogens is 298 g/mol. The van der Waals surface area contributed by atoms with Gasteiger partial charge in [0, 0.05) is 13.3 Å². The Kier molecular flexibility index (Phi) is 7.09. The number of aromatic nitrogens is 2. The van der Waals surface area contributed by atoms with E-state index in [-0.39, 0.29) is 6.61 Å². The molecule has 1 heterocycles. The standard InChI is InChI=1S/C16H21N3O4/c1-21-9-10-23-16(20)18-15-11-17-19(12-15)7-8-22-13-14-5-3-2-4-6-14/h2-6,11-12H,7-10,13H2,1H3,(H,18,20). The van der Waals surface area contributed by atoms with Crippen LogP contribution in [-0.4, -0.2) is 42.8 Å². The maximum Gasteiger partial charge on any atom is 0.411 e. The zero-order valence-electron chi connectivity index (χ0n) is 13.1. The summed E-state index contributed by atoms with van der Waals surface area (Å²) in [5.74, 6) is 0. The second-order valence-electron chi connectivity index (χ2n) is 4.78. The number of hydrogen-bond acceptors (Lipinski definition) is 5. The van der Waals surface area contributed by atoms with Gasteiger partial charge in [0.05, 0.1) is 38.2 Å². The van der Waals surface area contributed by atoms with Crippen molar-refractivity contribution in [3.8, 4) is 0 Å². The molecule has 7 heteroatoms. The van der Waals surface area contributed by atoms with Crippen molar-refractivity contribution in [1.82, 2.24) is 9.78 Å². The minimum Gasteiger partial charge on any atom is -0.447 e. The summed E-state index contributed by atoms with van der Waals surface area (Å²) >= 11 is 0. The van der Waals surface area contributed by atoms with E-state index in [4.69, 9.17) is 14.2 Å². The van der Waals surface area contributed by atoms with E-state index in [1.807, 2.05) is 30.3 Å². The molecule has 1 aromatic carbocycles. The van der Waals surface area contributed by atoms with Crippen LogP contribution in [0.25, 0.3) is 0 Å². The molecule has 1 N–H and O–H groups in total. The Morgan fingerprint density at radius 2 is 2.04 bits per heavy atom. The maximum absolute atomic E-state index is 11.5. The van der Waals surface area contributed by atoms with Crippen LogP contribution in [0.3, 0.4) is 0 Å². The molecule has 0 aliphatic rings. The molecule has 0 atom stereocenters. The van der Waals surface area contributed by atoms with Crippen molar-refractivity contribution in [2.75, 3.05) is 32.2 Å². The van der Waals surface area contributed by atoms with E-state index in [9.17, 15) is 4.79 Å². The first-order valence-electron chi connectivity index (χ1n) is 7.35. The predicted molar refractivity (Wildman–Crippen MR) is 85.2 cm³/mol. The number of carbonyl (C=O) groups is 1. The fourth-order valence-corrected chi connectivity index (χ4v) is 1.84. The number of rotatable bonds is 9. The van der Waals surface area contributed by atoms with Crippen LogP contribution in [0.1, 0.15) is 5.56 Å². The molecule has 1 aromatic heterocycles. The Hall–Kier alpha value is -2.38. The van der Waals surface area contributed by atoms with Crippen molar-refractivity contribution in [2.24, 2.45) is 0 Å². The van der Waals surface area contributed by atoms with Gasteiger partial charge in [-0.05, 0) is 5.56 Å². The van der Waals surface area contributed by atoms with E-state index in [0.29, 0.717) is 32.1 Å². The average molecular weight is 319 g/mol. The molecule has 1 amide bonds. The van der Waals surface area contributed by atoms with Gasteiger partial charge in [0.2, 0.25) is 0 Å². The van der Waals surface area contributed by atoms with Crippen molar-refractivity contribution in [3.05, 3.63) is 48.3 Å². The van der Waals surface area contributed by atoms with Crippen LogP contribution >= 0.6 is 0 Å². The highest BCUT2D eigenvalue weighted by Crippen LogP contribution is 2.06. The molecule has 2 rings (SSSR count). The molecule has 0 bridgehead atoms. The van der Waals surface area contributed by atoms with Crippen molar-refractivity contribution >= 4 is 11.8 Å². The summed E-state index contributed by atoms with van der Waals surface area (Å²) in [5.41, 5.74) is 1.71. The smallest absolute Gasteiger partial charge is 0.411 e. The summed E-state index contributed by atoms with van der Waals surface area (Å²) in [6.45, 7) is 2.29. The zero-order valence-corrected chi connectivity index (χ0v) is 13.1. The van der Waals surface area contributed by atoms with Gasteiger partial charge in [0.15, 0.2) is 0 Å². The van der Waals surface area contributed by atoms with Gasteiger partial charge < -0.3 is 14.2 Å². The lowest BCUT2D eigenvalue weighted by Gasteiger charge is -2.05. The molecule has 0 spiro atoms. The molecule has 0 radical (unpaired) electrons. The Bertz CT molecular complexity index is 586. The zero-order chi connectivity index (χ0) is 16.3. The van der Waals surface area contributed by atoms with Crippen LogP contribution < -0.4 is 5.32 Å². The van der Waals surface area contributed by atoms with E-state index in [0.717, 1.165) is 5.56 Å². The molecule has 23 heavy (non-hydrogen) atoms. The number of ether oxygens (including phenoxy) is 3. The number of anilines is 1.